The zero-order valence-corrected chi connectivity index (χ0v) is 19.5. The second kappa shape index (κ2) is 9.69. The Bertz CT molecular complexity index is 1330. The molecule has 0 bridgehead atoms. The maximum Gasteiger partial charge on any atom is 0.280 e. The van der Waals surface area contributed by atoms with E-state index in [4.69, 9.17) is 0 Å². The van der Waals surface area contributed by atoms with E-state index < -0.39 is 24.6 Å². The Labute approximate surface area is 199 Å². The third-order valence-corrected chi connectivity index (χ3v) is 6.29. The van der Waals surface area contributed by atoms with Crippen LogP contribution in [0.15, 0.2) is 47.5 Å². The highest BCUT2D eigenvalue weighted by atomic mass is 19.3. The van der Waals surface area contributed by atoms with Crippen molar-refractivity contribution in [1.29, 1.82) is 0 Å². The summed E-state index contributed by atoms with van der Waals surface area (Å²) in [5, 5.41) is 9.46. The summed E-state index contributed by atoms with van der Waals surface area (Å²) in [5.74, 6) is -1.06. The number of aliphatic hydroxyl groups excluding tert-OH is 1. The SMILES string of the molecule is CN1CCC[C@H](c2ccc3c(c2)[nH]c(=NC(=O)c2cccc(C(F)F)c2)n3CC(C)(F)CO)C1=O. The van der Waals surface area contributed by atoms with Gasteiger partial charge in [0, 0.05) is 24.7 Å². The van der Waals surface area contributed by atoms with Gasteiger partial charge in [-0.2, -0.15) is 4.99 Å². The number of imidazole rings is 1. The predicted octanol–water partition coefficient (Wildman–Crippen LogP) is 3.70. The number of likely N-dealkylation sites (N-methyl/N-ethyl adjacent to an activating group) is 1. The summed E-state index contributed by atoms with van der Waals surface area (Å²) in [6, 6.07) is 10.3. The molecule has 4 rings (SSSR count). The van der Waals surface area contributed by atoms with E-state index >= 15 is 0 Å². The number of nitrogens with one attached hydrogen (secondary N) is 1. The van der Waals surface area contributed by atoms with Gasteiger partial charge in [-0.15, -0.1) is 0 Å². The molecule has 2 N–H and O–H groups in total. The van der Waals surface area contributed by atoms with Gasteiger partial charge in [0.05, 0.1) is 30.1 Å². The van der Waals surface area contributed by atoms with E-state index in [-0.39, 0.29) is 35.1 Å². The molecule has 0 aliphatic carbocycles. The maximum atomic E-state index is 14.8. The number of alkyl halides is 3. The number of aromatic nitrogens is 2. The fourth-order valence-corrected chi connectivity index (χ4v) is 4.35. The van der Waals surface area contributed by atoms with Crippen LogP contribution in [0.1, 0.15) is 53.6 Å². The minimum absolute atomic E-state index is 0.00835. The number of likely N-dealkylation sites (tertiary alicyclic amines) is 1. The molecule has 0 saturated carbocycles. The highest BCUT2D eigenvalue weighted by Crippen LogP contribution is 2.29. The third-order valence-electron chi connectivity index (χ3n) is 6.29. The van der Waals surface area contributed by atoms with E-state index in [1.807, 2.05) is 0 Å². The second-order valence-corrected chi connectivity index (χ2v) is 9.18. The van der Waals surface area contributed by atoms with Gasteiger partial charge in [-0.3, -0.25) is 9.59 Å². The maximum absolute atomic E-state index is 14.8. The van der Waals surface area contributed by atoms with E-state index in [1.54, 1.807) is 30.1 Å². The minimum Gasteiger partial charge on any atom is -0.393 e. The fourth-order valence-electron chi connectivity index (χ4n) is 4.35. The lowest BCUT2D eigenvalue weighted by atomic mass is 9.90. The number of carbonyl (C=O) groups is 2. The molecule has 35 heavy (non-hydrogen) atoms. The Morgan fingerprint density at radius 2 is 2.06 bits per heavy atom. The number of hydrogen-bond donors (Lipinski definition) is 2. The first-order chi connectivity index (χ1) is 16.6. The van der Waals surface area contributed by atoms with Crippen LogP contribution in [0.2, 0.25) is 0 Å². The highest BCUT2D eigenvalue weighted by Gasteiger charge is 2.29. The Kier molecular flexibility index (Phi) is 6.84. The van der Waals surface area contributed by atoms with Crippen molar-refractivity contribution in [3.63, 3.8) is 0 Å². The van der Waals surface area contributed by atoms with Crippen LogP contribution in [0, 0.1) is 0 Å². The molecule has 0 spiro atoms. The number of carbonyl (C=O) groups excluding carboxylic acids is 2. The van der Waals surface area contributed by atoms with Crippen LogP contribution in [-0.4, -0.2) is 57.2 Å². The summed E-state index contributed by atoms with van der Waals surface area (Å²) in [4.78, 5) is 34.2. The van der Waals surface area contributed by atoms with E-state index in [0.29, 0.717) is 24.0 Å². The van der Waals surface area contributed by atoms with Crippen LogP contribution in [0.25, 0.3) is 11.0 Å². The first-order valence-electron chi connectivity index (χ1n) is 11.3. The quantitative estimate of drug-likeness (QED) is 0.554. The fraction of sp³-hybridized carbons (Fsp3) is 0.400. The second-order valence-electron chi connectivity index (χ2n) is 9.18. The zero-order chi connectivity index (χ0) is 25.3. The molecule has 1 fully saturated rings. The minimum atomic E-state index is -2.74. The lowest BCUT2D eigenvalue weighted by Gasteiger charge is -2.29. The molecule has 10 heteroatoms. The van der Waals surface area contributed by atoms with Crippen molar-refractivity contribution >= 4 is 22.8 Å². The Balaban J connectivity index is 1.81. The number of aromatic amines is 1. The average Bonchev–Trinajstić information content (AvgIpc) is 3.16. The van der Waals surface area contributed by atoms with E-state index in [2.05, 4.69) is 9.98 Å². The molecule has 1 unspecified atom stereocenters. The molecule has 1 saturated heterocycles. The molecule has 7 nitrogen and oxygen atoms in total. The van der Waals surface area contributed by atoms with Crippen LogP contribution >= 0.6 is 0 Å². The van der Waals surface area contributed by atoms with Gasteiger partial charge >= 0.3 is 0 Å². The Morgan fingerprint density at radius 3 is 2.77 bits per heavy atom. The van der Waals surface area contributed by atoms with Crippen molar-refractivity contribution in [3.05, 3.63) is 64.8 Å². The number of amides is 2. The van der Waals surface area contributed by atoms with Gasteiger partial charge in [-0.1, -0.05) is 18.2 Å². The number of halogens is 3. The van der Waals surface area contributed by atoms with E-state index in [9.17, 15) is 27.9 Å². The molecule has 186 valence electrons. The predicted molar refractivity (Wildman–Crippen MR) is 124 cm³/mol. The lowest BCUT2D eigenvalue weighted by molar-refractivity contribution is -0.133. The first-order valence-corrected chi connectivity index (χ1v) is 11.3. The third kappa shape index (κ3) is 5.17. The van der Waals surface area contributed by atoms with Gasteiger partial charge in [-0.25, -0.2) is 13.2 Å². The smallest absolute Gasteiger partial charge is 0.280 e. The molecule has 2 heterocycles. The van der Waals surface area contributed by atoms with Crippen molar-refractivity contribution in [3.8, 4) is 0 Å². The molecule has 3 aromatic rings. The van der Waals surface area contributed by atoms with Crippen LogP contribution in [0.5, 0.6) is 0 Å². The van der Waals surface area contributed by atoms with Gasteiger partial charge in [-0.05, 0) is 49.6 Å². The molecule has 1 aromatic heterocycles. The van der Waals surface area contributed by atoms with Crippen LogP contribution in [0.3, 0.4) is 0 Å². The van der Waals surface area contributed by atoms with Crippen molar-refractivity contribution in [1.82, 2.24) is 14.5 Å². The number of fused-ring (bicyclic) bond motifs is 1. The molecule has 2 aromatic carbocycles. The van der Waals surface area contributed by atoms with Crippen molar-refractivity contribution in [2.24, 2.45) is 4.99 Å². The molecule has 0 radical (unpaired) electrons. The van der Waals surface area contributed by atoms with Crippen molar-refractivity contribution < 1.29 is 27.9 Å². The van der Waals surface area contributed by atoms with Gasteiger partial charge < -0.3 is 19.6 Å². The number of H-pyrrole nitrogens is 1. The summed E-state index contributed by atoms with van der Waals surface area (Å²) >= 11 is 0. The topological polar surface area (TPSA) is 90.7 Å². The van der Waals surface area contributed by atoms with Crippen LogP contribution in [0.4, 0.5) is 13.2 Å². The van der Waals surface area contributed by atoms with Crippen LogP contribution < -0.4 is 5.62 Å². The number of rotatable bonds is 6. The molecular formula is C25H27F3N4O3. The number of hydrogen-bond acceptors (Lipinski definition) is 3. The Morgan fingerprint density at radius 1 is 1.29 bits per heavy atom. The lowest BCUT2D eigenvalue weighted by Crippen LogP contribution is -2.37. The molecule has 1 aliphatic rings. The highest BCUT2D eigenvalue weighted by molar-refractivity contribution is 5.95. The van der Waals surface area contributed by atoms with Gasteiger partial charge in [0.1, 0.15) is 5.67 Å². The summed E-state index contributed by atoms with van der Waals surface area (Å²) in [7, 11) is 1.76. The number of benzene rings is 2. The summed E-state index contributed by atoms with van der Waals surface area (Å²) in [5.41, 5.74) is -0.498. The monoisotopic (exact) mass is 488 g/mol. The van der Waals surface area contributed by atoms with Gasteiger partial charge in [0.2, 0.25) is 11.5 Å². The summed E-state index contributed by atoms with van der Waals surface area (Å²) < 4.78 is 42.4. The first kappa shape index (κ1) is 24.7. The van der Waals surface area contributed by atoms with Gasteiger partial charge in [0.25, 0.3) is 12.3 Å². The molecule has 1 aliphatic heterocycles. The van der Waals surface area contributed by atoms with E-state index in [1.165, 1.54) is 29.7 Å². The van der Waals surface area contributed by atoms with Crippen LogP contribution in [-0.2, 0) is 11.3 Å². The number of aliphatic hydroxyl groups is 1. The molecular weight excluding hydrogens is 461 g/mol. The number of piperidine rings is 1. The normalized spacial score (nSPS) is 18.9. The van der Waals surface area contributed by atoms with Gasteiger partial charge in [0.15, 0.2) is 0 Å². The summed E-state index contributed by atoms with van der Waals surface area (Å²) in [6.45, 7) is 0.865. The standard InChI is InChI=1S/C25H27F3N4O3/c1-25(28,14-33)13-32-20-9-8-15(18-7-4-10-31(2)23(18)35)12-19(20)29-24(32)30-22(34)17-6-3-5-16(11-17)21(26)27/h3,5-6,8-9,11-12,18,21,33H,4,7,10,13-14H2,1-2H3,(H,29,30,34)/t18-,25?/m1/s1. The molecule has 2 atom stereocenters. The molecule has 2 amide bonds. The largest absolute Gasteiger partial charge is 0.393 e. The van der Waals surface area contributed by atoms with Crippen molar-refractivity contribution in [2.75, 3.05) is 20.2 Å². The number of nitrogens with zero attached hydrogens (tertiary/aromatic N) is 3. The Hall–Kier alpha value is -3.40. The zero-order valence-electron chi connectivity index (χ0n) is 19.5. The summed E-state index contributed by atoms with van der Waals surface area (Å²) in [6.07, 6.45) is -1.16. The van der Waals surface area contributed by atoms with Crippen molar-refractivity contribution in [2.45, 2.75) is 44.3 Å². The van der Waals surface area contributed by atoms with E-state index in [0.717, 1.165) is 18.1 Å². The average molecular weight is 489 g/mol.